The van der Waals surface area contributed by atoms with E-state index in [0.717, 1.165) is 44.2 Å². The van der Waals surface area contributed by atoms with Gasteiger partial charge < -0.3 is 19.4 Å². The number of fused-ring (bicyclic) bond motifs is 2. The van der Waals surface area contributed by atoms with E-state index in [1.807, 2.05) is 6.92 Å². The molecule has 5 aliphatic rings. The van der Waals surface area contributed by atoms with Crippen molar-refractivity contribution in [3.63, 3.8) is 0 Å². The number of halogens is 1. The summed E-state index contributed by atoms with van der Waals surface area (Å²) in [5.41, 5.74) is -1.74. The molecule has 1 heterocycles. The SMILES string of the molecule is C=C(Cl)CN1CC[C@H](OC[C@@]23C[C@@H]4[C@H](C)CC[C@H]4[C@@]4(C=O)C[C@@H]2C=C(C(C)C)[C@@]34C(=O)O)O[C@H](C)C1. The Morgan fingerprint density at radius 1 is 1.33 bits per heavy atom. The topological polar surface area (TPSA) is 76.1 Å². The zero-order chi connectivity index (χ0) is 26.0. The second kappa shape index (κ2) is 9.21. The second-order valence-corrected chi connectivity index (χ2v) is 13.2. The lowest BCUT2D eigenvalue weighted by molar-refractivity contribution is -0.214. The van der Waals surface area contributed by atoms with Crippen LogP contribution in [0.3, 0.4) is 0 Å². The van der Waals surface area contributed by atoms with Crippen molar-refractivity contribution in [2.75, 3.05) is 26.2 Å². The van der Waals surface area contributed by atoms with E-state index in [-0.39, 0.29) is 23.9 Å². The van der Waals surface area contributed by atoms with E-state index in [9.17, 15) is 14.7 Å². The Bertz CT molecular complexity index is 965. The normalized spacial score (nSPS) is 45.9. The molecule has 4 fully saturated rings. The maximum absolute atomic E-state index is 13.5. The molecule has 200 valence electrons. The molecule has 36 heavy (non-hydrogen) atoms. The van der Waals surface area contributed by atoms with Crippen LogP contribution in [0.4, 0.5) is 0 Å². The van der Waals surface area contributed by atoms with E-state index < -0.39 is 28.5 Å². The van der Waals surface area contributed by atoms with Crippen LogP contribution < -0.4 is 0 Å². The van der Waals surface area contributed by atoms with Gasteiger partial charge in [-0.05, 0) is 55.8 Å². The van der Waals surface area contributed by atoms with Crippen LogP contribution in [0.5, 0.6) is 0 Å². The molecule has 1 aliphatic heterocycles. The highest BCUT2D eigenvalue weighted by molar-refractivity contribution is 6.29. The maximum Gasteiger partial charge on any atom is 0.315 e. The van der Waals surface area contributed by atoms with Gasteiger partial charge in [0.1, 0.15) is 11.7 Å². The van der Waals surface area contributed by atoms with Crippen LogP contribution in [0.2, 0.25) is 0 Å². The molecular formula is C29H42ClNO5. The molecule has 0 aromatic carbocycles. The zero-order valence-electron chi connectivity index (χ0n) is 22.2. The van der Waals surface area contributed by atoms with E-state index in [4.69, 9.17) is 21.1 Å². The van der Waals surface area contributed by atoms with Crippen LogP contribution in [0.15, 0.2) is 23.3 Å². The van der Waals surface area contributed by atoms with Crippen molar-refractivity contribution in [1.82, 2.24) is 4.90 Å². The van der Waals surface area contributed by atoms with E-state index in [0.29, 0.717) is 42.9 Å². The summed E-state index contributed by atoms with van der Waals surface area (Å²) >= 11 is 6.06. The number of hydrogen-bond donors (Lipinski definition) is 1. The number of nitrogens with zero attached hydrogens (tertiary/aromatic N) is 1. The Kier molecular flexibility index (Phi) is 6.76. The molecule has 1 saturated heterocycles. The molecule has 4 aliphatic carbocycles. The number of carbonyl (C=O) groups is 2. The first-order chi connectivity index (χ1) is 17.0. The van der Waals surface area contributed by atoms with E-state index in [1.165, 1.54) is 0 Å². The molecule has 4 bridgehead atoms. The summed E-state index contributed by atoms with van der Waals surface area (Å²) in [6.07, 6.45) is 6.96. The van der Waals surface area contributed by atoms with Gasteiger partial charge in [-0.25, -0.2) is 0 Å². The molecule has 0 unspecified atom stereocenters. The van der Waals surface area contributed by atoms with E-state index >= 15 is 0 Å². The van der Waals surface area contributed by atoms with Crippen molar-refractivity contribution in [2.24, 2.45) is 45.8 Å². The summed E-state index contributed by atoms with van der Waals surface area (Å²) in [5.74, 6) is 0.243. The lowest BCUT2D eigenvalue weighted by atomic mass is 9.43. The molecular weight excluding hydrogens is 478 g/mol. The third kappa shape index (κ3) is 3.47. The second-order valence-electron chi connectivity index (χ2n) is 12.7. The molecule has 9 atom stereocenters. The van der Waals surface area contributed by atoms with Gasteiger partial charge in [-0.2, -0.15) is 0 Å². The molecule has 3 saturated carbocycles. The molecule has 6 nitrogen and oxygen atoms in total. The third-order valence-electron chi connectivity index (χ3n) is 10.6. The van der Waals surface area contributed by atoms with Crippen molar-refractivity contribution >= 4 is 23.9 Å². The minimum absolute atomic E-state index is 0.0354. The van der Waals surface area contributed by atoms with E-state index in [2.05, 4.69) is 38.3 Å². The summed E-state index contributed by atoms with van der Waals surface area (Å²) in [6, 6.07) is 0. The first kappa shape index (κ1) is 26.4. The van der Waals surface area contributed by atoms with Gasteiger partial charge in [-0.3, -0.25) is 9.69 Å². The average molecular weight is 520 g/mol. The zero-order valence-corrected chi connectivity index (χ0v) is 22.9. The van der Waals surface area contributed by atoms with Gasteiger partial charge in [0.2, 0.25) is 0 Å². The van der Waals surface area contributed by atoms with Gasteiger partial charge >= 0.3 is 5.97 Å². The summed E-state index contributed by atoms with van der Waals surface area (Å²) in [6.45, 7) is 14.7. The van der Waals surface area contributed by atoms with Crippen molar-refractivity contribution in [1.29, 1.82) is 0 Å². The molecule has 0 aromatic heterocycles. The van der Waals surface area contributed by atoms with Gasteiger partial charge in [0, 0.05) is 36.5 Å². The molecule has 5 rings (SSSR count). The molecule has 7 heteroatoms. The van der Waals surface area contributed by atoms with Crippen LogP contribution in [-0.4, -0.2) is 60.9 Å². The number of aldehydes is 1. The number of rotatable bonds is 8. The third-order valence-corrected chi connectivity index (χ3v) is 10.7. The monoisotopic (exact) mass is 519 g/mol. The average Bonchev–Trinajstić information content (AvgIpc) is 3.31. The first-order valence-corrected chi connectivity index (χ1v) is 14.1. The van der Waals surface area contributed by atoms with Crippen LogP contribution in [0, 0.1) is 45.8 Å². The predicted octanol–water partition coefficient (Wildman–Crippen LogP) is 5.12. The van der Waals surface area contributed by atoms with Crippen LogP contribution in [-0.2, 0) is 19.1 Å². The minimum Gasteiger partial charge on any atom is -0.481 e. The van der Waals surface area contributed by atoms with Gasteiger partial charge in [0.15, 0.2) is 6.29 Å². The Hall–Kier alpha value is -1.21. The smallest absolute Gasteiger partial charge is 0.315 e. The van der Waals surface area contributed by atoms with Crippen molar-refractivity contribution in [3.8, 4) is 0 Å². The highest BCUT2D eigenvalue weighted by Crippen LogP contribution is 2.82. The number of hydrogen-bond acceptors (Lipinski definition) is 5. The maximum atomic E-state index is 13.5. The van der Waals surface area contributed by atoms with Gasteiger partial charge in [-0.1, -0.05) is 57.0 Å². The van der Waals surface area contributed by atoms with Gasteiger partial charge in [-0.15, -0.1) is 0 Å². The molecule has 0 aromatic rings. The van der Waals surface area contributed by atoms with Gasteiger partial charge in [0.25, 0.3) is 0 Å². The number of ether oxygens (including phenoxy) is 2. The minimum atomic E-state index is -1.20. The Balaban J connectivity index is 1.50. The summed E-state index contributed by atoms with van der Waals surface area (Å²) in [4.78, 5) is 28.9. The number of aliphatic carboxylic acids is 1. The van der Waals surface area contributed by atoms with Crippen LogP contribution >= 0.6 is 11.6 Å². The largest absolute Gasteiger partial charge is 0.481 e. The van der Waals surface area contributed by atoms with Gasteiger partial charge in [0.05, 0.1) is 18.1 Å². The lowest BCUT2D eigenvalue weighted by Gasteiger charge is -2.58. The van der Waals surface area contributed by atoms with Crippen molar-refractivity contribution in [2.45, 2.75) is 72.2 Å². The highest BCUT2D eigenvalue weighted by Gasteiger charge is 2.84. The first-order valence-electron chi connectivity index (χ1n) is 13.8. The van der Waals surface area contributed by atoms with Crippen LogP contribution in [0.25, 0.3) is 0 Å². The lowest BCUT2D eigenvalue weighted by Crippen LogP contribution is -2.63. The molecule has 0 amide bonds. The Morgan fingerprint density at radius 2 is 2.08 bits per heavy atom. The summed E-state index contributed by atoms with van der Waals surface area (Å²) in [5, 5.41) is 11.7. The standard InChI is InChI=1S/C29H42ClNO5/c1-17(2)24-10-21-11-27(15-32)23-7-6-18(3)22(23)12-28(21,29(24,27)26(33)34)16-35-25-8-9-31(13-19(4)30)14-20(5)36-25/h10,15,17-18,20-23,25H,4,6-9,11-14,16H2,1-3,5H3,(H,33,34)/t18-,20-,21+,22-,23-,25-,27+,28+,29+/m1/s1. The highest BCUT2D eigenvalue weighted by atomic mass is 35.5. The Morgan fingerprint density at radius 3 is 2.72 bits per heavy atom. The summed E-state index contributed by atoms with van der Waals surface area (Å²) in [7, 11) is 0. The summed E-state index contributed by atoms with van der Waals surface area (Å²) < 4.78 is 12.9. The molecule has 0 radical (unpaired) electrons. The quantitative estimate of drug-likeness (QED) is 0.354. The predicted molar refractivity (Wildman–Crippen MR) is 138 cm³/mol. The van der Waals surface area contributed by atoms with E-state index in [1.54, 1.807) is 0 Å². The number of carboxylic acids is 1. The Labute approximate surface area is 220 Å². The number of allylic oxidation sites excluding steroid dienone is 1. The van der Waals surface area contributed by atoms with Crippen molar-refractivity contribution < 1.29 is 24.2 Å². The van der Waals surface area contributed by atoms with Crippen LogP contribution in [0.1, 0.15) is 59.8 Å². The fourth-order valence-corrected chi connectivity index (χ4v) is 9.67. The number of carbonyl (C=O) groups excluding carboxylic acids is 1. The fraction of sp³-hybridized carbons (Fsp3) is 0.793. The molecule has 1 N–H and O–H groups in total. The number of carboxylic acid groups (broad SMARTS) is 1. The van der Waals surface area contributed by atoms with Crippen molar-refractivity contribution in [3.05, 3.63) is 23.3 Å². The fourth-order valence-electron chi connectivity index (χ4n) is 9.50. The molecule has 0 spiro atoms.